The Bertz CT molecular complexity index is 502. The number of likely N-dealkylation sites (N-methyl/N-ethyl adjacent to an activating group) is 1. The van der Waals surface area contributed by atoms with Crippen LogP contribution in [0.25, 0.3) is 0 Å². The zero-order valence-corrected chi connectivity index (χ0v) is 13.8. The van der Waals surface area contributed by atoms with Gasteiger partial charge in [0.1, 0.15) is 5.54 Å². The van der Waals surface area contributed by atoms with Crippen LogP contribution in [0.4, 0.5) is 4.79 Å². The van der Waals surface area contributed by atoms with Crippen LogP contribution in [0.2, 0.25) is 0 Å². The summed E-state index contributed by atoms with van der Waals surface area (Å²) in [5, 5.41) is 5.97. The molecule has 2 heterocycles. The van der Waals surface area contributed by atoms with E-state index in [4.69, 9.17) is 0 Å². The van der Waals surface area contributed by atoms with Gasteiger partial charge in [-0.1, -0.05) is 12.8 Å². The normalized spacial score (nSPS) is 26.4. The first kappa shape index (κ1) is 16.2. The van der Waals surface area contributed by atoms with Crippen LogP contribution in [0.15, 0.2) is 0 Å². The van der Waals surface area contributed by atoms with Gasteiger partial charge in [0, 0.05) is 32.1 Å². The van der Waals surface area contributed by atoms with Crippen molar-refractivity contribution in [2.45, 2.75) is 56.5 Å². The predicted molar refractivity (Wildman–Crippen MR) is 84.7 cm³/mol. The Morgan fingerprint density at radius 2 is 2.04 bits per heavy atom. The van der Waals surface area contributed by atoms with Crippen LogP contribution in [0.1, 0.15) is 44.9 Å². The topological polar surface area (TPSA) is 81.8 Å². The lowest BCUT2D eigenvalue weighted by atomic mass is 9.98. The molecule has 2 aliphatic heterocycles. The Labute approximate surface area is 136 Å². The van der Waals surface area contributed by atoms with E-state index < -0.39 is 5.54 Å². The number of imide groups is 1. The first-order valence-electron chi connectivity index (χ1n) is 8.65. The van der Waals surface area contributed by atoms with E-state index in [1.165, 1.54) is 4.90 Å². The zero-order chi connectivity index (χ0) is 16.4. The highest BCUT2D eigenvalue weighted by Gasteiger charge is 2.52. The van der Waals surface area contributed by atoms with Crippen molar-refractivity contribution < 1.29 is 14.4 Å². The van der Waals surface area contributed by atoms with Gasteiger partial charge in [0.2, 0.25) is 5.91 Å². The number of hydrogen-bond acceptors (Lipinski definition) is 4. The third kappa shape index (κ3) is 2.94. The van der Waals surface area contributed by atoms with Gasteiger partial charge in [-0.15, -0.1) is 0 Å². The monoisotopic (exact) mass is 322 g/mol. The second-order valence-corrected chi connectivity index (χ2v) is 6.87. The average molecular weight is 322 g/mol. The molecule has 1 aliphatic carbocycles. The number of carbonyl (C=O) groups is 3. The van der Waals surface area contributed by atoms with Gasteiger partial charge in [-0.05, 0) is 32.7 Å². The lowest BCUT2D eigenvalue weighted by molar-refractivity contribution is -0.134. The fourth-order valence-electron chi connectivity index (χ4n) is 4.16. The minimum atomic E-state index is -0.678. The molecule has 3 fully saturated rings. The molecule has 4 amide bonds. The second kappa shape index (κ2) is 6.47. The van der Waals surface area contributed by atoms with Gasteiger partial charge in [-0.25, -0.2) is 4.79 Å². The molecule has 1 unspecified atom stereocenters. The van der Waals surface area contributed by atoms with Crippen LogP contribution in [-0.4, -0.2) is 65.9 Å². The molecular formula is C16H26N4O3. The highest BCUT2D eigenvalue weighted by atomic mass is 16.2. The first-order valence-corrected chi connectivity index (χ1v) is 8.65. The summed E-state index contributed by atoms with van der Waals surface area (Å²) >= 11 is 0. The van der Waals surface area contributed by atoms with E-state index in [0.29, 0.717) is 0 Å². The summed E-state index contributed by atoms with van der Waals surface area (Å²) < 4.78 is 0. The van der Waals surface area contributed by atoms with E-state index in [-0.39, 0.29) is 36.9 Å². The fourth-order valence-corrected chi connectivity index (χ4v) is 4.16. The van der Waals surface area contributed by atoms with Crippen molar-refractivity contribution in [2.75, 3.05) is 26.7 Å². The van der Waals surface area contributed by atoms with Crippen LogP contribution in [-0.2, 0) is 9.59 Å². The Kier molecular flexibility index (Phi) is 4.57. The molecule has 0 aromatic rings. The molecule has 0 radical (unpaired) electrons. The number of hydrogen-bond donors (Lipinski definition) is 2. The molecule has 7 heteroatoms. The lowest BCUT2D eigenvalue weighted by Gasteiger charge is -2.25. The summed E-state index contributed by atoms with van der Waals surface area (Å²) in [6, 6.07) is -0.102. The van der Waals surface area contributed by atoms with Crippen LogP contribution in [0.3, 0.4) is 0 Å². The van der Waals surface area contributed by atoms with Crippen molar-refractivity contribution in [3.63, 3.8) is 0 Å². The van der Waals surface area contributed by atoms with Gasteiger partial charge in [0.25, 0.3) is 5.91 Å². The molecule has 128 valence electrons. The van der Waals surface area contributed by atoms with Crippen LogP contribution >= 0.6 is 0 Å². The Balaban J connectivity index is 1.56. The van der Waals surface area contributed by atoms with E-state index in [1.807, 2.05) is 11.9 Å². The molecule has 1 spiro atoms. The largest absolute Gasteiger partial charge is 0.338 e. The third-order valence-corrected chi connectivity index (χ3v) is 5.39. The van der Waals surface area contributed by atoms with Crippen molar-refractivity contribution >= 4 is 17.8 Å². The minimum absolute atomic E-state index is 0.0377. The SMILES string of the molecule is CNCC1CCCN1C(=O)CCN1C(=O)NC2(CCCC2)C1=O. The third-order valence-electron chi connectivity index (χ3n) is 5.39. The molecule has 0 aromatic carbocycles. The maximum atomic E-state index is 12.5. The highest BCUT2D eigenvalue weighted by molar-refractivity contribution is 6.07. The summed E-state index contributed by atoms with van der Waals surface area (Å²) in [4.78, 5) is 40.2. The van der Waals surface area contributed by atoms with E-state index >= 15 is 0 Å². The molecule has 2 N–H and O–H groups in total. The molecule has 3 rings (SSSR count). The number of amides is 4. The van der Waals surface area contributed by atoms with Crippen LogP contribution < -0.4 is 10.6 Å². The van der Waals surface area contributed by atoms with Crippen molar-refractivity contribution in [1.29, 1.82) is 0 Å². The molecule has 3 aliphatic rings. The molecule has 0 bridgehead atoms. The number of nitrogens with one attached hydrogen (secondary N) is 2. The van der Waals surface area contributed by atoms with Crippen LogP contribution in [0.5, 0.6) is 0 Å². The first-order chi connectivity index (χ1) is 11.1. The van der Waals surface area contributed by atoms with Crippen molar-refractivity contribution in [3.05, 3.63) is 0 Å². The van der Waals surface area contributed by atoms with Gasteiger partial charge < -0.3 is 15.5 Å². The van der Waals surface area contributed by atoms with E-state index in [2.05, 4.69) is 10.6 Å². The summed E-state index contributed by atoms with van der Waals surface area (Å²) in [6.07, 6.45) is 5.63. The molecular weight excluding hydrogens is 296 g/mol. The maximum absolute atomic E-state index is 12.5. The molecule has 1 atom stereocenters. The summed E-state index contributed by atoms with van der Waals surface area (Å²) in [7, 11) is 1.88. The number of rotatable bonds is 5. The minimum Gasteiger partial charge on any atom is -0.338 e. The Morgan fingerprint density at radius 3 is 2.74 bits per heavy atom. The quantitative estimate of drug-likeness (QED) is 0.720. The molecule has 2 saturated heterocycles. The van der Waals surface area contributed by atoms with Gasteiger partial charge >= 0.3 is 6.03 Å². The lowest BCUT2D eigenvalue weighted by Crippen LogP contribution is -2.45. The molecule has 0 aromatic heterocycles. The summed E-state index contributed by atoms with van der Waals surface area (Å²) in [5.41, 5.74) is -0.678. The number of likely N-dealkylation sites (tertiary alicyclic amines) is 1. The summed E-state index contributed by atoms with van der Waals surface area (Å²) in [5.74, 6) is -0.100. The summed E-state index contributed by atoms with van der Waals surface area (Å²) in [6.45, 7) is 1.75. The van der Waals surface area contributed by atoms with Gasteiger partial charge in [-0.2, -0.15) is 0 Å². The van der Waals surface area contributed by atoms with Crippen molar-refractivity contribution in [3.8, 4) is 0 Å². The number of nitrogens with zero attached hydrogens (tertiary/aromatic N) is 2. The smallest absolute Gasteiger partial charge is 0.325 e. The Morgan fingerprint density at radius 1 is 1.30 bits per heavy atom. The van der Waals surface area contributed by atoms with Crippen molar-refractivity contribution in [2.24, 2.45) is 0 Å². The Hall–Kier alpha value is -1.63. The molecule has 1 saturated carbocycles. The van der Waals surface area contributed by atoms with E-state index in [0.717, 1.165) is 51.6 Å². The zero-order valence-electron chi connectivity index (χ0n) is 13.8. The van der Waals surface area contributed by atoms with Gasteiger partial charge in [-0.3, -0.25) is 14.5 Å². The van der Waals surface area contributed by atoms with Crippen molar-refractivity contribution in [1.82, 2.24) is 20.4 Å². The number of urea groups is 1. The average Bonchev–Trinajstić information content (AvgIpc) is 3.21. The fraction of sp³-hybridized carbons (Fsp3) is 0.812. The van der Waals surface area contributed by atoms with Gasteiger partial charge in [0.05, 0.1) is 0 Å². The van der Waals surface area contributed by atoms with Gasteiger partial charge in [0.15, 0.2) is 0 Å². The maximum Gasteiger partial charge on any atom is 0.325 e. The predicted octanol–water partition coefficient (Wildman–Crippen LogP) is 0.452. The van der Waals surface area contributed by atoms with E-state index in [1.54, 1.807) is 0 Å². The molecule has 23 heavy (non-hydrogen) atoms. The highest BCUT2D eigenvalue weighted by Crippen LogP contribution is 2.35. The number of carbonyl (C=O) groups excluding carboxylic acids is 3. The standard InChI is InChI=1S/C16H26N4O3/c1-17-11-12-5-4-9-19(12)13(21)6-10-20-14(22)16(18-15(20)23)7-2-3-8-16/h12,17H,2-11H2,1H3,(H,18,23). The molecule has 7 nitrogen and oxygen atoms in total. The second-order valence-electron chi connectivity index (χ2n) is 6.87. The van der Waals surface area contributed by atoms with Crippen LogP contribution in [0, 0.1) is 0 Å². The van der Waals surface area contributed by atoms with E-state index in [9.17, 15) is 14.4 Å².